The van der Waals surface area contributed by atoms with E-state index in [2.05, 4.69) is 5.32 Å². The molecule has 0 atom stereocenters. The lowest BCUT2D eigenvalue weighted by molar-refractivity contribution is -0.385. The van der Waals surface area contributed by atoms with E-state index in [1.165, 1.54) is 23.4 Å². The van der Waals surface area contributed by atoms with Crippen molar-refractivity contribution in [2.45, 2.75) is 31.6 Å². The maximum atomic E-state index is 12.8. The normalized spacial score (nSPS) is 16.8. The number of nitrogens with one attached hydrogen (secondary N) is 1. The minimum absolute atomic E-state index is 0.0167. The Kier molecular flexibility index (Phi) is 5.55. The average Bonchev–Trinajstić information content (AvgIpc) is 2.53. The third kappa shape index (κ3) is 4.09. The van der Waals surface area contributed by atoms with Crippen molar-refractivity contribution >= 4 is 21.6 Å². The second-order valence-electron chi connectivity index (χ2n) is 5.99. The predicted octanol–water partition coefficient (Wildman–Crippen LogP) is 1.44. The number of piperidine rings is 1. The summed E-state index contributed by atoms with van der Waals surface area (Å²) >= 11 is 0. The van der Waals surface area contributed by atoms with Crippen LogP contribution >= 0.6 is 0 Å². The quantitative estimate of drug-likeness (QED) is 0.635. The number of nitrogens with zero attached hydrogens (tertiary/aromatic N) is 2. The van der Waals surface area contributed by atoms with Gasteiger partial charge in [0.05, 0.1) is 9.82 Å². The molecule has 8 nitrogen and oxygen atoms in total. The van der Waals surface area contributed by atoms with Crippen LogP contribution in [0.4, 0.5) is 5.69 Å². The van der Waals surface area contributed by atoms with E-state index in [0.29, 0.717) is 38.0 Å². The monoisotopic (exact) mass is 355 g/mol. The fraction of sp³-hybridized carbons (Fsp3) is 0.533. The van der Waals surface area contributed by atoms with Gasteiger partial charge >= 0.3 is 0 Å². The van der Waals surface area contributed by atoms with E-state index in [0.717, 1.165) is 6.07 Å². The molecule has 2 rings (SSSR count). The molecule has 1 aliphatic heterocycles. The molecular formula is C15H21N3O5S. The van der Waals surface area contributed by atoms with E-state index in [9.17, 15) is 23.3 Å². The molecule has 132 valence electrons. The molecule has 24 heavy (non-hydrogen) atoms. The van der Waals surface area contributed by atoms with Gasteiger partial charge in [-0.05, 0) is 31.2 Å². The van der Waals surface area contributed by atoms with Gasteiger partial charge in [-0.25, -0.2) is 8.42 Å². The zero-order valence-electron chi connectivity index (χ0n) is 13.7. The third-order valence-corrected chi connectivity index (χ3v) is 6.25. The van der Waals surface area contributed by atoms with Gasteiger partial charge in [0.25, 0.3) is 5.69 Å². The van der Waals surface area contributed by atoms with Crippen LogP contribution in [0.1, 0.15) is 25.3 Å². The van der Waals surface area contributed by atoms with Gasteiger partial charge in [-0.1, -0.05) is 6.07 Å². The molecule has 0 aromatic heterocycles. The van der Waals surface area contributed by atoms with E-state index in [1.807, 2.05) is 0 Å². The van der Waals surface area contributed by atoms with Crippen molar-refractivity contribution in [3.05, 3.63) is 33.9 Å². The number of carbonyl (C=O) groups is 1. The number of nitro benzene ring substituents is 1. The third-order valence-electron chi connectivity index (χ3n) is 4.21. The van der Waals surface area contributed by atoms with Gasteiger partial charge in [0.15, 0.2) is 0 Å². The van der Waals surface area contributed by atoms with Crippen molar-refractivity contribution in [2.24, 2.45) is 5.92 Å². The molecule has 9 heteroatoms. The minimum atomic E-state index is -3.76. The van der Waals surface area contributed by atoms with Crippen LogP contribution in [0.3, 0.4) is 0 Å². The van der Waals surface area contributed by atoms with Crippen molar-refractivity contribution < 1.29 is 18.1 Å². The zero-order chi connectivity index (χ0) is 17.9. The number of hydrogen-bond donors (Lipinski definition) is 1. The Morgan fingerprint density at radius 3 is 2.54 bits per heavy atom. The second kappa shape index (κ2) is 7.27. The Hall–Kier alpha value is -2.00. The summed E-state index contributed by atoms with van der Waals surface area (Å²) in [6.07, 6.45) is 1.29. The summed E-state index contributed by atoms with van der Waals surface area (Å²) in [5.41, 5.74) is 0.251. The maximum absolute atomic E-state index is 12.8. The summed E-state index contributed by atoms with van der Waals surface area (Å²) in [5.74, 6) is 0.142. The summed E-state index contributed by atoms with van der Waals surface area (Å²) in [4.78, 5) is 21.2. The molecule has 1 N–H and O–H groups in total. The van der Waals surface area contributed by atoms with Gasteiger partial charge in [0.1, 0.15) is 0 Å². The summed E-state index contributed by atoms with van der Waals surface area (Å²) in [6, 6.07) is 3.87. The van der Waals surface area contributed by atoms with E-state index in [1.54, 1.807) is 6.92 Å². The van der Waals surface area contributed by atoms with Crippen molar-refractivity contribution in [1.29, 1.82) is 0 Å². The van der Waals surface area contributed by atoms with Gasteiger partial charge in [-0.2, -0.15) is 4.31 Å². The smallest absolute Gasteiger partial charge is 0.270 e. The molecule has 1 amide bonds. The van der Waals surface area contributed by atoms with Gasteiger partial charge < -0.3 is 5.32 Å². The predicted molar refractivity (Wildman–Crippen MR) is 88.0 cm³/mol. The number of non-ortho nitro benzene ring substituents is 1. The highest BCUT2D eigenvalue weighted by Gasteiger charge is 2.31. The lowest BCUT2D eigenvalue weighted by Gasteiger charge is -2.31. The van der Waals surface area contributed by atoms with E-state index >= 15 is 0 Å². The molecule has 1 saturated heterocycles. The van der Waals surface area contributed by atoms with Crippen molar-refractivity contribution in [3.8, 4) is 0 Å². The maximum Gasteiger partial charge on any atom is 0.270 e. The summed E-state index contributed by atoms with van der Waals surface area (Å²) < 4.78 is 26.9. The second-order valence-corrected chi connectivity index (χ2v) is 7.90. The standard InChI is InChI=1S/C15H21N3O5S/c1-11-3-4-14(18(20)21)9-15(11)24(22,23)17-7-5-13(6-8-17)10-16-12(2)19/h3-4,9,13H,5-8,10H2,1-2H3,(H,16,19). The molecule has 1 heterocycles. The Bertz CT molecular complexity index is 739. The molecule has 1 aromatic carbocycles. The summed E-state index contributed by atoms with van der Waals surface area (Å²) in [7, 11) is -3.76. The van der Waals surface area contributed by atoms with Crippen LogP contribution in [0.15, 0.2) is 23.1 Å². The highest BCUT2D eigenvalue weighted by molar-refractivity contribution is 7.89. The first-order valence-electron chi connectivity index (χ1n) is 7.71. The van der Waals surface area contributed by atoms with Gasteiger partial charge in [0, 0.05) is 38.7 Å². The number of carbonyl (C=O) groups excluding carboxylic acids is 1. The van der Waals surface area contributed by atoms with Gasteiger partial charge in [0.2, 0.25) is 15.9 Å². The lowest BCUT2D eigenvalue weighted by atomic mass is 9.98. The Labute approximate surface area is 141 Å². The topological polar surface area (TPSA) is 110 Å². The molecule has 1 aromatic rings. The van der Waals surface area contributed by atoms with E-state index in [4.69, 9.17) is 0 Å². The Balaban J connectivity index is 2.13. The molecule has 0 bridgehead atoms. The SMILES string of the molecule is CC(=O)NCC1CCN(S(=O)(=O)c2cc([N+](=O)[O-])ccc2C)CC1. The molecule has 0 aliphatic carbocycles. The molecule has 0 radical (unpaired) electrons. The molecule has 1 fully saturated rings. The lowest BCUT2D eigenvalue weighted by Crippen LogP contribution is -2.41. The molecular weight excluding hydrogens is 334 g/mol. The minimum Gasteiger partial charge on any atom is -0.356 e. The van der Waals surface area contributed by atoms with Crippen LogP contribution in [0, 0.1) is 23.0 Å². The first kappa shape index (κ1) is 18.3. The number of rotatable bonds is 5. The van der Waals surface area contributed by atoms with E-state index < -0.39 is 14.9 Å². The number of aryl methyl sites for hydroxylation is 1. The highest BCUT2D eigenvalue weighted by atomic mass is 32.2. The Morgan fingerprint density at radius 1 is 1.38 bits per heavy atom. The largest absolute Gasteiger partial charge is 0.356 e. The number of benzene rings is 1. The first-order valence-corrected chi connectivity index (χ1v) is 9.15. The van der Waals surface area contributed by atoms with Crippen molar-refractivity contribution in [1.82, 2.24) is 9.62 Å². The van der Waals surface area contributed by atoms with Crippen LogP contribution in [-0.2, 0) is 14.8 Å². The van der Waals surface area contributed by atoms with Crippen LogP contribution in [0.5, 0.6) is 0 Å². The van der Waals surface area contributed by atoms with Gasteiger partial charge in [-0.15, -0.1) is 0 Å². The molecule has 1 aliphatic rings. The van der Waals surface area contributed by atoms with Crippen molar-refractivity contribution in [2.75, 3.05) is 19.6 Å². The molecule has 0 spiro atoms. The van der Waals surface area contributed by atoms with E-state index in [-0.39, 0.29) is 22.4 Å². The fourth-order valence-corrected chi connectivity index (χ4v) is 4.48. The summed E-state index contributed by atoms with van der Waals surface area (Å²) in [5, 5.41) is 13.6. The number of sulfonamides is 1. The highest BCUT2D eigenvalue weighted by Crippen LogP contribution is 2.28. The van der Waals surface area contributed by atoms with Crippen LogP contribution in [0.25, 0.3) is 0 Å². The van der Waals surface area contributed by atoms with Crippen LogP contribution < -0.4 is 5.32 Å². The number of nitro groups is 1. The Morgan fingerprint density at radius 2 is 2.00 bits per heavy atom. The van der Waals surface area contributed by atoms with Gasteiger partial charge in [-0.3, -0.25) is 14.9 Å². The molecule has 0 saturated carbocycles. The van der Waals surface area contributed by atoms with Crippen LogP contribution in [-0.4, -0.2) is 43.2 Å². The van der Waals surface area contributed by atoms with Crippen molar-refractivity contribution in [3.63, 3.8) is 0 Å². The average molecular weight is 355 g/mol. The first-order chi connectivity index (χ1) is 11.2. The molecule has 0 unspecified atom stereocenters. The number of hydrogen-bond acceptors (Lipinski definition) is 5. The number of amides is 1. The zero-order valence-corrected chi connectivity index (χ0v) is 14.5. The van der Waals surface area contributed by atoms with Crippen LogP contribution in [0.2, 0.25) is 0 Å². The fourth-order valence-electron chi connectivity index (χ4n) is 2.76. The summed E-state index contributed by atoms with van der Waals surface area (Å²) in [6.45, 7) is 4.30.